The van der Waals surface area contributed by atoms with E-state index in [1.807, 2.05) is 0 Å². The van der Waals surface area contributed by atoms with E-state index in [9.17, 15) is 0 Å². The standard InChI is InChI=1S/C36H30N2/c1-37-31-19-11-9-17-25(31)29-21-28(24-15-7-4-8-16-24)34-33(35(29)37)27(23-13-5-3-6-14-23)22-30-26-18-10-12-20-32(26)38(2)36(30)34/h3-22,25-26,31-32H,1-2H3. The summed E-state index contributed by atoms with van der Waals surface area (Å²) in [6.45, 7) is 0. The predicted molar refractivity (Wildman–Crippen MR) is 161 cm³/mol. The third-order valence-corrected chi connectivity index (χ3v) is 9.11. The highest BCUT2D eigenvalue weighted by Crippen LogP contribution is 2.57. The lowest BCUT2D eigenvalue weighted by molar-refractivity contribution is 0.723. The van der Waals surface area contributed by atoms with Crippen LogP contribution in [0.4, 0.5) is 11.4 Å². The fraction of sp³-hybridized carbons (Fsp3) is 0.167. The Morgan fingerprint density at radius 3 is 1.32 bits per heavy atom. The number of hydrogen-bond acceptors (Lipinski definition) is 2. The zero-order valence-corrected chi connectivity index (χ0v) is 21.8. The lowest BCUT2D eigenvalue weighted by Gasteiger charge is -2.27. The molecule has 4 aliphatic rings. The fourth-order valence-electron chi connectivity index (χ4n) is 7.41. The summed E-state index contributed by atoms with van der Waals surface area (Å²) in [5.74, 6) is 0.713. The summed E-state index contributed by atoms with van der Waals surface area (Å²) >= 11 is 0. The van der Waals surface area contributed by atoms with Gasteiger partial charge in [0, 0.05) is 48.1 Å². The van der Waals surface area contributed by atoms with Crippen LogP contribution in [-0.2, 0) is 0 Å². The Bertz CT molecular complexity index is 1580. The number of anilines is 2. The van der Waals surface area contributed by atoms with Crippen molar-refractivity contribution in [1.29, 1.82) is 0 Å². The second-order valence-corrected chi connectivity index (χ2v) is 11.0. The third-order valence-electron chi connectivity index (χ3n) is 9.11. The lowest BCUT2D eigenvalue weighted by atomic mass is 9.82. The topological polar surface area (TPSA) is 6.48 Å². The summed E-state index contributed by atoms with van der Waals surface area (Å²) in [4.78, 5) is 5.05. The second-order valence-electron chi connectivity index (χ2n) is 11.0. The largest absolute Gasteiger partial charge is 0.366 e. The van der Waals surface area contributed by atoms with Gasteiger partial charge in [-0.3, -0.25) is 0 Å². The predicted octanol–water partition coefficient (Wildman–Crippen LogP) is 8.23. The Morgan fingerprint density at radius 1 is 0.500 bits per heavy atom. The summed E-state index contributed by atoms with van der Waals surface area (Å²) in [6, 6.07) is 27.7. The van der Waals surface area contributed by atoms with E-state index in [4.69, 9.17) is 0 Å². The number of hydrogen-bond donors (Lipinski definition) is 0. The van der Waals surface area contributed by atoms with Gasteiger partial charge in [0.15, 0.2) is 0 Å². The molecular weight excluding hydrogens is 460 g/mol. The minimum atomic E-state index is 0.340. The molecule has 2 heterocycles. The molecule has 2 aliphatic carbocycles. The summed E-state index contributed by atoms with van der Waals surface area (Å²) in [5, 5.41) is 2.76. The normalized spacial score (nSPS) is 24.1. The van der Waals surface area contributed by atoms with Gasteiger partial charge in [-0.15, -0.1) is 0 Å². The first kappa shape index (κ1) is 21.8. The van der Waals surface area contributed by atoms with Crippen molar-refractivity contribution in [3.8, 4) is 22.3 Å². The Morgan fingerprint density at radius 2 is 0.895 bits per heavy atom. The molecule has 0 N–H and O–H groups in total. The van der Waals surface area contributed by atoms with Crippen molar-refractivity contribution in [1.82, 2.24) is 0 Å². The molecule has 0 spiro atoms. The van der Waals surface area contributed by atoms with E-state index in [-0.39, 0.29) is 0 Å². The maximum Gasteiger partial charge on any atom is 0.0577 e. The average Bonchev–Trinajstić information content (AvgIpc) is 3.44. The molecule has 0 radical (unpaired) electrons. The minimum Gasteiger partial charge on any atom is -0.366 e. The van der Waals surface area contributed by atoms with Crippen molar-refractivity contribution in [3.05, 3.63) is 133 Å². The molecule has 0 fully saturated rings. The van der Waals surface area contributed by atoms with Crippen LogP contribution in [0.3, 0.4) is 0 Å². The van der Waals surface area contributed by atoms with Crippen LogP contribution in [0.2, 0.25) is 0 Å². The van der Waals surface area contributed by atoms with Crippen molar-refractivity contribution in [2.24, 2.45) is 0 Å². The number of rotatable bonds is 2. The number of benzene rings is 4. The molecule has 0 saturated heterocycles. The van der Waals surface area contributed by atoms with Crippen LogP contribution in [0.25, 0.3) is 33.0 Å². The summed E-state index contributed by atoms with van der Waals surface area (Å²) < 4.78 is 0. The van der Waals surface area contributed by atoms with E-state index >= 15 is 0 Å². The lowest BCUT2D eigenvalue weighted by Crippen LogP contribution is -2.29. The first-order chi connectivity index (χ1) is 18.7. The van der Waals surface area contributed by atoms with Crippen LogP contribution in [0, 0.1) is 0 Å². The van der Waals surface area contributed by atoms with Crippen molar-refractivity contribution in [3.63, 3.8) is 0 Å². The van der Waals surface area contributed by atoms with Crippen molar-refractivity contribution < 1.29 is 0 Å². The first-order valence-electron chi connectivity index (χ1n) is 13.7. The van der Waals surface area contributed by atoms with Gasteiger partial charge in [0.1, 0.15) is 0 Å². The molecule has 4 unspecified atom stereocenters. The Hall–Kier alpha value is -4.30. The molecule has 0 saturated carbocycles. The number of likely N-dealkylation sites (N-methyl/N-ethyl adjacent to an activating group) is 2. The second kappa shape index (κ2) is 8.10. The van der Waals surface area contributed by atoms with Gasteiger partial charge in [0.25, 0.3) is 0 Å². The molecule has 0 amide bonds. The zero-order valence-electron chi connectivity index (χ0n) is 21.8. The van der Waals surface area contributed by atoms with Gasteiger partial charge < -0.3 is 9.80 Å². The molecular formula is C36H30N2. The third kappa shape index (κ3) is 2.89. The molecule has 2 aliphatic heterocycles. The quantitative estimate of drug-likeness (QED) is 0.279. The van der Waals surface area contributed by atoms with E-state index in [1.54, 1.807) is 0 Å². The fourth-order valence-corrected chi connectivity index (χ4v) is 7.41. The van der Waals surface area contributed by atoms with Crippen molar-refractivity contribution >= 4 is 22.1 Å². The molecule has 4 aromatic carbocycles. The molecule has 2 heteroatoms. The highest BCUT2D eigenvalue weighted by atomic mass is 15.2. The van der Waals surface area contributed by atoms with Gasteiger partial charge in [-0.25, -0.2) is 0 Å². The van der Waals surface area contributed by atoms with Crippen LogP contribution in [-0.4, -0.2) is 26.2 Å². The van der Waals surface area contributed by atoms with Gasteiger partial charge >= 0.3 is 0 Å². The van der Waals surface area contributed by atoms with Crippen molar-refractivity contribution in [2.45, 2.75) is 23.9 Å². The summed E-state index contributed by atoms with van der Waals surface area (Å²) in [6.07, 6.45) is 18.4. The van der Waals surface area contributed by atoms with Crippen LogP contribution < -0.4 is 9.80 Å². The van der Waals surface area contributed by atoms with Gasteiger partial charge in [0.2, 0.25) is 0 Å². The number of nitrogens with zero attached hydrogens (tertiary/aromatic N) is 2. The molecule has 2 nitrogen and oxygen atoms in total. The molecule has 38 heavy (non-hydrogen) atoms. The highest BCUT2D eigenvalue weighted by Gasteiger charge is 2.41. The Labute approximate surface area is 224 Å². The summed E-state index contributed by atoms with van der Waals surface area (Å²) in [5.41, 5.74) is 10.8. The Balaban J connectivity index is 1.58. The molecule has 4 aromatic rings. The Kier molecular flexibility index (Phi) is 4.64. The van der Waals surface area contributed by atoms with E-state index in [0.29, 0.717) is 23.9 Å². The van der Waals surface area contributed by atoms with Crippen LogP contribution in [0.5, 0.6) is 0 Å². The summed E-state index contributed by atoms with van der Waals surface area (Å²) in [7, 11) is 4.57. The number of fused-ring (bicyclic) bond motifs is 9. The molecule has 184 valence electrons. The van der Waals surface area contributed by atoms with Gasteiger partial charge in [-0.05, 0) is 45.5 Å². The van der Waals surface area contributed by atoms with E-state index in [2.05, 4.69) is 145 Å². The van der Waals surface area contributed by atoms with E-state index < -0.39 is 0 Å². The van der Waals surface area contributed by atoms with E-state index in [1.165, 1.54) is 55.5 Å². The zero-order chi connectivity index (χ0) is 25.4. The molecule has 0 aromatic heterocycles. The van der Waals surface area contributed by atoms with Crippen LogP contribution in [0.15, 0.2) is 121 Å². The van der Waals surface area contributed by atoms with Gasteiger partial charge in [0.05, 0.1) is 12.1 Å². The monoisotopic (exact) mass is 490 g/mol. The molecule has 8 rings (SSSR count). The molecule has 0 bridgehead atoms. The van der Waals surface area contributed by atoms with Crippen LogP contribution in [0.1, 0.15) is 23.0 Å². The highest BCUT2D eigenvalue weighted by molar-refractivity contribution is 6.19. The maximum absolute atomic E-state index is 2.53. The van der Waals surface area contributed by atoms with E-state index in [0.717, 1.165) is 0 Å². The SMILES string of the molecule is CN1c2c(cc(-c3ccccc3)c3c4c(cc(-c5ccccc5)c23)C2C=CC=CC2N4C)C2C=CC=CC21. The molecule has 4 atom stereocenters. The van der Waals surface area contributed by atoms with Crippen LogP contribution >= 0.6 is 0 Å². The maximum atomic E-state index is 2.53. The van der Waals surface area contributed by atoms with Gasteiger partial charge in [-0.1, -0.05) is 109 Å². The average molecular weight is 491 g/mol. The smallest absolute Gasteiger partial charge is 0.0577 e. The van der Waals surface area contributed by atoms with Crippen molar-refractivity contribution in [2.75, 3.05) is 23.9 Å². The first-order valence-corrected chi connectivity index (χ1v) is 13.7. The number of allylic oxidation sites excluding steroid dienone is 4. The minimum absolute atomic E-state index is 0.340. The van der Waals surface area contributed by atoms with Gasteiger partial charge in [-0.2, -0.15) is 0 Å².